The van der Waals surface area contributed by atoms with Crippen LogP contribution in [0, 0.1) is 0 Å². The molecule has 1 saturated carbocycles. The number of piperidine rings is 2. The predicted molar refractivity (Wildman–Crippen MR) is 126 cm³/mol. The monoisotopic (exact) mass is 478 g/mol. The van der Waals surface area contributed by atoms with Gasteiger partial charge in [0.1, 0.15) is 6.04 Å². The Kier molecular flexibility index (Phi) is 5.57. The molecule has 0 bridgehead atoms. The minimum atomic E-state index is -1.23. The van der Waals surface area contributed by atoms with Crippen LogP contribution in [0.5, 0.6) is 0 Å². The minimum absolute atomic E-state index is 0.137. The van der Waals surface area contributed by atoms with Crippen LogP contribution < -0.4 is 10.6 Å². The zero-order chi connectivity index (χ0) is 24.1. The molecule has 2 atom stereocenters. The summed E-state index contributed by atoms with van der Waals surface area (Å²) in [4.78, 5) is 40.9. The number of hydrogen-bond acceptors (Lipinski definition) is 7. The number of carbonyl (C=O) groups excluding carboxylic acids is 3. The van der Waals surface area contributed by atoms with Crippen molar-refractivity contribution in [2.45, 2.75) is 69.4 Å². The molecule has 10 heteroatoms. The Morgan fingerprint density at radius 3 is 2.60 bits per heavy atom. The smallest absolute Gasteiger partial charge is 0.259 e. The predicted octanol–water partition coefficient (Wildman–Crippen LogP) is 1.55. The molecule has 1 aliphatic carbocycles. The van der Waals surface area contributed by atoms with Gasteiger partial charge in [0.05, 0.1) is 17.8 Å². The molecule has 35 heavy (non-hydrogen) atoms. The summed E-state index contributed by atoms with van der Waals surface area (Å²) in [6.07, 6.45) is 7.94. The highest BCUT2D eigenvalue weighted by Crippen LogP contribution is 2.39. The van der Waals surface area contributed by atoms with Crippen LogP contribution in [0.2, 0.25) is 0 Å². The summed E-state index contributed by atoms with van der Waals surface area (Å²) in [7, 11) is 0. The van der Waals surface area contributed by atoms with Crippen LogP contribution in [0.3, 0.4) is 0 Å². The lowest BCUT2D eigenvalue weighted by Crippen LogP contribution is -2.53. The molecule has 4 heterocycles. The van der Waals surface area contributed by atoms with Crippen molar-refractivity contribution in [3.8, 4) is 0 Å². The molecular weight excluding hydrogens is 448 g/mol. The fraction of sp³-hybridized carbons (Fsp3) is 0.520. The number of imide groups is 1. The molecule has 2 aromatic rings. The normalized spacial score (nSPS) is 25.6. The van der Waals surface area contributed by atoms with Crippen LogP contribution in [-0.2, 0) is 16.1 Å². The average molecular weight is 479 g/mol. The molecule has 0 spiro atoms. The van der Waals surface area contributed by atoms with E-state index in [1.54, 1.807) is 18.2 Å². The van der Waals surface area contributed by atoms with E-state index < -0.39 is 24.1 Å². The summed E-state index contributed by atoms with van der Waals surface area (Å²) in [5.41, 5.74) is 2.44. The Labute approximate surface area is 203 Å². The van der Waals surface area contributed by atoms with Crippen molar-refractivity contribution in [2.24, 2.45) is 0 Å². The van der Waals surface area contributed by atoms with E-state index >= 15 is 0 Å². The second kappa shape index (κ2) is 8.76. The number of rotatable bonds is 6. The van der Waals surface area contributed by atoms with Gasteiger partial charge >= 0.3 is 0 Å². The average Bonchev–Trinajstić information content (AvgIpc) is 3.55. The zero-order valence-corrected chi connectivity index (χ0v) is 19.5. The van der Waals surface area contributed by atoms with Crippen molar-refractivity contribution in [2.75, 3.05) is 18.4 Å². The van der Waals surface area contributed by atoms with E-state index in [9.17, 15) is 19.5 Å². The van der Waals surface area contributed by atoms with Crippen molar-refractivity contribution in [1.29, 1.82) is 0 Å². The number of aromatic nitrogens is 2. The zero-order valence-electron chi connectivity index (χ0n) is 19.5. The van der Waals surface area contributed by atoms with Gasteiger partial charge in [0.25, 0.3) is 5.91 Å². The largest absolute Gasteiger partial charge is 0.380 e. The first-order valence-electron chi connectivity index (χ1n) is 12.5. The van der Waals surface area contributed by atoms with Crippen LogP contribution in [0.25, 0.3) is 0 Å². The maximum Gasteiger partial charge on any atom is 0.259 e. The third-order valence-electron chi connectivity index (χ3n) is 7.71. The van der Waals surface area contributed by atoms with Crippen LogP contribution in [0.15, 0.2) is 30.6 Å². The minimum Gasteiger partial charge on any atom is -0.380 e. The second-order valence-electron chi connectivity index (χ2n) is 10.0. The maximum absolute atomic E-state index is 13.3. The van der Waals surface area contributed by atoms with E-state index in [0.717, 1.165) is 37.5 Å². The van der Waals surface area contributed by atoms with Gasteiger partial charge in [-0.15, -0.1) is 0 Å². The molecule has 3 N–H and O–H groups in total. The number of amides is 3. The lowest BCUT2D eigenvalue weighted by molar-refractivity contribution is -0.139. The lowest BCUT2D eigenvalue weighted by atomic mass is 10.0. The van der Waals surface area contributed by atoms with Crippen LogP contribution in [0.1, 0.15) is 72.3 Å². The first-order valence-corrected chi connectivity index (χ1v) is 12.5. The summed E-state index contributed by atoms with van der Waals surface area (Å²) in [5, 5.41) is 21.0. The van der Waals surface area contributed by atoms with Gasteiger partial charge in [-0.3, -0.25) is 29.3 Å². The van der Waals surface area contributed by atoms with Gasteiger partial charge in [0.15, 0.2) is 6.23 Å². The molecule has 1 aromatic carbocycles. The Morgan fingerprint density at radius 2 is 1.86 bits per heavy atom. The number of likely N-dealkylation sites (tertiary alicyclic amines) is 1. The van der Waals surface area contributed by atoms with Gasteiger partial charge < -0.3 is 15.3 Å². The second-order valence-corrected chi connectivity index (χ2v) is 10.0. The van der Waals surface area contributed by atoms with Crippen molar-refractivity contribution in [1.82, 2.24) is 24.9 Å². The first kappa shape index (κ1) is 22.2. The molecule has 3 fully saturated rings. The van der Waals surface area contributed by atoms with Gasteiger partial charge in [-0.25, -0.2) is 0 Å². The number of benzene rings is 1. The van der Waals surface area contributed by atoms with Crippen LogP contribution >= 0.6 is 0 Å². The summed E-state index contributed by atoms with van der Waals surface area (Å²) < 4.78 is 2.07. The Balaban J connectivity index is 1.13. The van der Waals surface area contributed by atoms with Gasteiger partial charge in [0, 0.05) is 55.1 Å². The number of aliphatic hydroxyl groups excluding tert-OH is 1. The molecule has 4 aliphatic rings. The molecule has 6 rings (SSSR count). The molecule has 184 valence electrons. The highest BCUT2D eigenvalue weighted by atomic mass is 16.3. The highest BCUT2D eigenvalue weighted by molar-refractivity contribution is 6.08. The van der Waals surface area contributed by atoms with E-state index in [4.69, 9.17) is 0 Å². The molecule has 2 saturated heterocycles. The Hall–Kier alpha value is -3.24. The van der Waals surface area contributed by atoms with Gasteiger partial charge in [0.2, 0.25) is 11.8 Å². The topological polar surface area (TPSA) is 120 Å². The van der Waals surface area contributed by atoms with E-state index in [2.05, 4.69) is 31.5 Å². The van der Waals surface area contributed by atoms with Crippen molar-refractivity contribution in [3.05, 3.63) is 47.3 Å². The summed E-state index contributed by atoms with van der Waals surface area (Å²) >= 11 is 0. The maximum atomic E-state index is 13.3. The Bertz CT molecular complexity index is 1170. The number of aliphatic hydroxyl groups is 1. The fourth-order valence-electron chi connectivity index (χ4n) is 5.64. The van der Waals surface area contributed by atoms with E-state index in [-0.39, 0.29) is 18.7 Å². The SMILES string of the molecule is O=C1CCC(N2C(=O)c3c(NCc4cnn(C5CCN(C6CC6)CC5)c4)cccc3C2O)C(=O)N1. The summed E-state index contributed by atoms with van der Waals surface area (Å²) in [6, 6.07) is 5.63. The standard InChI is InChI=1S/C25H30N6O4/c32-21-7-6-20(23(33)28-21)31-24(34)18-2-1-3-19(22(18)25(31)35)26-12-15-13-27-30(14-15)17-8-10-29(11-9-17)16-4-5-16/h1-3,13-14,16-17,20,24,26,34H,4-12H2,(H,28,32,33). The highest BCUT2D eigenvalue weighted by Gasteiger charge is 2.45. The van der Waals surface area contributed by atoms with E-state index in [0.29, 0.717) is 29.4 Å². The van der Waals surface area contributed by atoms with E-state index in [1.807, 2.05) is 6.20 Å². The molecule has 1 aromatic heterocycles. The Morgan fingerprint density at radius 1 is 1.06 bits per heavy atom. The third-order valence-corrected chi connectivity index (χ3v) is 7.71. The number of anilines is 1. The van der Waals surface area contributed by atoms with Crippen molar-refractivity contribution >= 4 is 23.4 Å². The third kappa shape index (κ3) is 4.10. The molecule has 3 aliphatic heterocycles. The molecule has 0 radical (unpaired) electrons. The van der Waals surface area contributed by atoms with Gasteiger partial charge in [-0.2, -0.15) is 5.10 Å². The summed E-state index contributed by atoms with van der Waals surface area (Å²) in [5.74, 6) is -1.32. The first-order chi connectivity index (χ1) is 17.0. The molecule has 10 nitrogen and oxygen atoms in total. The number of fused-ring (bicyclic) bond motifs is 1. The molecule has 3 amide bonds. The fourth-order valence-corrected chi connectivity index (χ4v) is 5.64. The lowest BCUT2D eigenvalue weighted by Gasteiger charge is -2.32. The number of carbonyl (C=O) groups is 3. The van der Waals surface area contributed by atoms with Gasteiger partial charge in [-0.05, 0) is 38.2 Å². The van der Waals surface area contributed by atoms with E-state index in [1.165, 1.54) is 17.7 Å². The number of hydrogen-bond donors (Lipinski definition) is 3. The van der Waals surface area contributed by atoms with Crippen molar-refractivity contribution < 1.29 is 19.5 Å². The molecule has 2 unspecified atom stereocenters. The number of nitrogens with zero attached hydrogens (tertiary/aromatic N) is 4. The summed E-state index contributed by atoms with van der Waals surface area (Å²) in [6.45, 7) is 2.75. The molecular formula is C25H30N6O4. The van der Waals surface area contributed by atoms with Crippen LogP contribution in [-0.4, -0.2) is 67.6 Å². The van der Waals surface area contributed by atoms with Crippen molar-refractivity contribution in [3.63, 3.8) is 0 Å². The quantitative estimate of drug-likeness (QED) is 0.539. The van der Waals surface area contributed by atoms with Gasteiger partial charge in [-0.1, -0.05) is 12.1 Å². The van der Waals surface area contributed by atoms with Crippen LogP contribution in [0.4, 0.5) is 5.69 Å². The number of nitrogens with one attached hydrogen (secondary N) is 2.